The normalized spacial score (nSPS) is 17.1. The molecule has 1 aliphatic carbocycles. The second kappa shape index (κ2) is 11.3. The molecular weight excluding hydrogens is 532 g/mol. The number of allylic oxidation sites excluding steroid dienone is 3. The Labute approximate surface area is 234 Å². The van der Waals surface area contributed by atoms with E-state index in [0.29, 0.717) is 51.3 Å². The number of anilines is 2. The van der Waals surface area contributed by atoms with Crippen LogP contribution in [0.5, 0.6) is 5.75 Å². The number of ether oxygens (including phenoxy) is 1. The lowest BCUT2D eigenvalue weighted by Gasteiger charge is -2.38. The molecule has 2 heterocycles. The molecule has 3 N–H and O–H groups in total. The Balaban J connectivity index is 1.39. The van der Waals surface area contributed by atoms with E-state index < -0.39 is 5.92 Å². The third kappa shape index (κ3) is 5.39. The number of Topliss-reactive ketones (excluding diaryl/α,β-unsaturated/α-hetero) is 1. The quantitative estimate of drug-likeness (QED) is 0.389. The summed E-state index contributed by atoms with van der Waals surface area (Å²) >= 11 is 2.52. The summed E-state index contributed by atoms with van der Waals surface area (Å²) in [4.78, 5) is 27.4. The molecule has 2 aliphatic rings. The van der Waals surface area contributed by atoms with Crippen LogP contribution in [0.25, 0.3) is 0 Å². The molecule has 0 saturated carbocycles. The number of rotatable bonds is 7. The Bertz CT molecular complexity index is 1520. The van der Waals surface area contributed by atoms with Crippen molar-refractivity contribution < 1.29 is 14.3 Å². The zero-order chi connectivity index (χ0) is 27.5. The smallest absolute Gasteiger partial charge is 0.234 e. The van der Waals surface area contributed by atoms with Crippen molar-refractivity contribution in [3.05, 3.63) is 82.3 Å². The second-order valence-electron chi connectivity index (χ2n) is 9.14. The van der Waals surface area contributed by atoms with Gasteiger partial charge in [-0.2, -0.15) is 5.26 Å². The van der Waals surface area contributed by atoms with E-state index in [0.717, 1.165) is 16.8 Å². The summed E-state index contributed by atoms with van der Waals surface area (Å²) in [5, 5.41) is 22.0. The molecule has 0 spiro atoms. The van der Waals surface area contributed by atoms with E-state index in [1.807, 2.05) is 31.2 Å². The minimum atomic E-state index is -0.516. The predicted octanol–water partition coefficient (Wildman–Crippen LogP) is 4.89. The van der Waals surface area contributed by atoms with Crippen molar-refractivity contribution in [3.63, 3.8) is 0 Å². The zero-order valence-corrected chi connectivity index (χ0v) is 23.1. The average molecular weight is 559 g/mol. The molecule has 1 unspecified atom stereocenters. The van der Waals surface area contributed by atoms with Crippen molar-refractivity contribution in [1.29, 1.82) is 5.26 Å². The van der Waals surface area contributed by atoms with Crippen molar-refractivity contribution in [1.82, 2.24) is 10.2 Å². The fourth-order valence-electron chi connectivity index (χ4n) is 4.75. The molecular formula is C28H26N6O3S2. The first kappa shape index (κ1) is 26.5. The Hall–Kier alpha value is -4.14. The van der Waals surface area contributed by atoms with Gasteiger partial charge in [-0.05, 0) is 49.6 Å². The average Bonchev–Trinajstić information content (AvgIpc) is 3.41. The number of amides is 1. The summed E-state index contributed by atoms with van der Waals surface area (Å²) < 4.78 is 5.71. The number of carbonyl (C=O) groups is 2. The van der Waals surface area contributed by atoms with Crippen molar-refractivity contribution in [2.75, 3.05) is 23.1 Å². The predicted molar refractivity (Wildman–Crippen MR) is 151 cm³/mol. The summed E-state index contributed by atoms with van der Waals surface area (Å²) in [6.07, 6.45) is 1.75. The van der Waals surface area contributed by atoms with Crippen LogP contribution in [0.3, 0.4) is 0 Å². The third-order valence-electron chi connectivity index (χ3n) is 6.61. The zero-order valence-electron chi connectivity index (χ0n) is 21.4. The fraction of sp³-hybridized carbons (Fsp3) is 0.250. The molecule has 9 nitrogen and oxygen atoms in total. The Morgan fingerprint density at radius 2 is 1.95 bits per heavy atom. The molecule has 1 aromatic heterocycles. The summed E-state index contributed by atoms with van der Waals surface area (Å²) in [5.74, 6) is 0.408. The molecule has 3 aromatic rings. The lowest BCUT2D eigenvalue weighted by atomic mass is 9.75. The molecule has 1 atom stereocenters. The largest absolute Gasteiger partial charge is 0.497 e. The van der Waals surface area contributed by atoms with Gasteiger partial charge in [-0.15, -0.1) is 10.2 Å². The molecule has 1 aliphatic heterocycles. The van der Waals surface area contributed by atoms with Crippen LogP contribution in [0.15, 0.2) is 75.5 Å². The number of aromatic nitrogens is 2. The van der Waals surface area contributed by atoms with Crippen LogP contribution in [-0.2, 0) is 9.59 Å². The molecule has 2 aromatic carbocycles. The van der Waals surface area contributed by atoms with E-state index in [2.05, 4.69) is 21.6 Å². The van der Waals surface area contributed by atoms with Crippen LogP contribution in [0.4, 0.5) is 10.8 Å². The van der Waals surface area contributed by atoms with Crippen molar-refractivity contribution >= 4 is 45.6 Å². The summed E-state index contributed by atoms with van der Waals surface area (Å²) in [5.41, 5.74) is 10.9. The molecule has 39 heavy (non-hydrogen) atoms. The Morgan fingerprint density at radius 3 is 2.64 bits per heavy atom. The van der Waals surface area contributed by atoms with Gasteiger partial charge in [0.05, 0.1) is 30.4 Å². The van der Waals surface area contributed by atoms with Gasteiger partial charge in [0.25, 0.3) is 0 Å². The first-order valence-corrected chi connectivity index (χ1v) is 14.1. The Kier molecular flexibility index (Phi) is 7.67. The number of ketones is 1. The van der Waals surface area contributed by atoms with Gasteiger partial charge in [-0.25, -0.2) is 0 Å². The van der Waals surface area contributed by atoms with Gasteiger partial charge in [-0.3, -0.25) is 14.5 Å². The van der Waals surface area contributed by atoms with Gasteiger partial charge >= 0.3 is 0 Å². The number of hydrogen-bond donors (Lipinski definition) is 2. The number of benzene rings is 2. The highest BCUT2D eigenvalue weighted by molar-refractivity contribution is 8.01. The van der Waals surface area contributed by atoms with E-state index in [4.69, 9.17) is 10.5 Å². The minimum Gasteiger partial charge on any atom is -0.497 e. The van der Waals surface area contributed by atoms with E-state index in [9.17, 15) is 14.9 Å². The van der Waals surface area contributed by atoms with Gasteiger partial charge in [0.1, 0.15) is 11.6 Å². The highest BCUT2D eigenvalue weighted by atomic mass is 32.2. The van der Waals surface area contributed by atoms with Crippen LogP contribution in [0.2, 0.25) is 0 Å². The molecule has 1 amide bonds. The topological polar surface area (TPSA) is 134 Å². The molecule has 0 saturated heterocycles. The van der Waals surface area contributed by atoms with E-state index in [1.165, 1.54) is 23.1 Å². The summed E-state index contributed by atoms with van der Waals surface area (Å²) in [6, 6.07) is 17.2. The van der Waals surface area contributed by atoms with Crippen LogP contribution >= 0.6 is 23.1 Å². The Morgan fingerprint density at radius 1 is 1.21 bits per heavy atom. The molecule has 198 valence electrons. The van der Waals surface area contributed by atoms with E-state index >= 15 is 0 Å². The maximum Gasteiger partial charge on any atom is 0.234 e. The maximum absolute atomic E-state index is 13.2. The minimum absolute atomic E-state index is 0.0152. The standard InChI is InChI=1S/C28H26N6O3S2/c1-16-6-8-17(9-7-16)24-20(14-29)26(30)34(21-4-3-5-22(35)25(21)24)27-32-33-28(39-27)38-15-23(36)31-18-10-12-19(37-2)13-11-18/h6-13,24H,3-5,15,30H2,1-2H3,(H,31,36). The van der Waals surface area contributed by atoms with E-state index in [-0.39, 0.29) is 23.3 Å². The molecule has 11 heteroatoms. The van der Waals surface area contributed by atoms with Gasteiger partial charge < -0.3 is 15.8 Å². The van der Waals surface area contributed by atoms with Gasteiger partial charge in [0, 0.05) is 23.4 Å². The number of methoxy groups -OCH3 is 1. The van der Waals surface area contributed by atoms with Crippen LogP contribution in [-0.4, -0.2) is 34.8 Å². The highest BCUT2D eigenvalue weighted by Crippen LogP contribution is 2.47. The molecule has 0 radical (unpaired) electrons. The highest BCUT2D eigenvalue weighted by Gasteiger charge is 2.41. The molecule has 0 bridgehead atoms. The number of nitrogens with zero attached hydrogens (tertiary/aromatic N) is 4. The molecule has 5 rings (SSSR count). The lowest BCUT2D eigenvalue weighted by Crippen LogP contribution is -2.38. The first-order chi connectivity index (χ1) is 18.9. The fourth-order valence-corrected chi connectivity index (χ4v) is 6.43. The van der Waals surface area contributed by atoms with Crippen molar-refractivity contribution in [2.24, 2.45) is 5.73 Å². The monoisotopic (exact) mass is 558 g/mol. The van der Waals surface area contributed by atoms with Crippen LogP contribution in [0.1, 0.15) is 36.3 Å². The maximum atomic E-state index is 13.2. The van der Waals surface area contributed by atoms with Gasteiger partial charge in [-0.1, -0.05) is 52.9 Å². The van der Waals surface area contributed by atoms with Crippen molar-refractivity contribution in [2.45, 2.75) is 36.4 Å². The van der Waals surface area contributed by atoms with E-state index in [1.54, 1.807) is 36.3 Å². The first-order valence-electron chi connectivity index (χ1n) is 12.3. The summed E-state index contributed by atoms with van der Waals surface area (Å²) in [7, 11) is 1.58. The number of thioether (sulfide) groups is 1. The van der Waals surface area contributed by atoms with Crippen molar-refractivity contribution in [3.8, 4) is 11.8 Å². The number of nitrogens with two attached hydrogens (primary N) is 1. The third-order valence-corrected chi connectivity index (χ3v) is 8.65. The van der Waals surface area contributed by atoms with Gasteiger partial charge in [0.15, 0.2) is 10.1 Å². The van der Waals surface area contributed by atoms with Crippen LogP contribution < -0.4 is 20.7 Å². The number of carbonyl (C=O) groups excluding carboxylic acids is 2. The SMILES string of the molecule is COc1ccc(NC(=O)CSc2nnc(N3C(N)=C(C#N)C(c4ccc(C)cc4)C4=C3CCCC4=O)s2)cc1. The number of nitriles is 1. The van der Waals surface area contributed by atoms with Gasteiger partial charge in [0.2, 0.25) is 11.0 Å². The van der Waals surface area contributed by atoms with Crippen LogP contribution in [0, 0.1) is 18.3 Å². The number of aryl methyl sites for hydroxylation is 1. The number of hydrogen-bond acceptors (Lipinski definition) is 10. The number of nitrogens with one attached hydrogen (secondary N) is 1. The summed E-state index contributed by atoms with van der Waals surface area (Å²) in [6.45, 7) is 1.99. The second-order valence-corrected chi connectivity index (χ2v) is 11.3. The lowest BCUT2D eigenvalue weighted by molar-refractivity contribution is -0.116. The molecule has 0 fully saturated rings.